The van der Waals surface area contributed by atoms with Crippen LogP contribution in [-0.2, 0) is 0 Å². The summed E-state index contributed by atoms with van der Waals surface area (Å²) in [4.78, 5) is 11.8. The number of hydrogen-bond donors (Lipinski definition) is 2. The van der Waals surface area contributed by atoms with Crippen molar-refractivity contribution in [2.24, 2.45) is 0 Å². The second-order valence-electron chi connectivity index (χ2n) is 4.18. The van der Waals surface area contributed by atoms with E-state index in [4.69, 9.17) is 5.26 Å². The van der Waals surface area contributed by atoms with Crippen molar-refractivity contribution in [1.82, 2.24) is 0 Å². The molecule has 0 aliphatic heterocycles. The summed E-state index contributed by atoms with van der Waals surface area (Å²) in [5.74, 6) is -0.374. The predicted molar refractivity (Wildman–Crippen MR) is 74.9 cm³/mol. The second kappa shape index (κ2) is 5.85. The molecule has 2 aromatic carbocycles. The Morgan fingerprint density at radius 2 is 1.85 bits per heavy atom. The van der Waals surface area contributed by atoms with E-state index in [0.29, 0.717) is 22.5 Å². The lowest BCUT2D eigenvalue weighted by atomic mass is 10.2. The van der Waals surface area contributed by atoms with Gasteiger partial charge in [0, 0.05) is 16.9 Å². The van der Waals surface area contributed by atoms with Gasteiger partial charge < -0.3 is 10.6 Å². The summed E-state index contributed by atoms with van der Waals surface area (Å²) in [5, 5.41) is 13.9. The Hall–Kier alpha value is -2.87. The zero-order valence-electron chi connectivity index (χ0n) is 10.8. The van der Waals surface area contributed by atoms with Gasteiger partial charge in [0.2, 0.25) is 0 Å². The third kappa shape index (κ3) is 3.12. The van der Waals surface area contributed by atoms with E-state index in [1.807, 2.05) is 6.07 Å². The molecule has 20 heavy (non-hydrogen) atoms. The summed E-state index contributed by atoms with van der Waals surface area (Å²) < 4.78 is 13.3. The Morgan fingerprint density at radius 3 is 2.50 bits per heavy atom. The SMILES string of the molecule is Cc1c(F)cccc1NC(=O)Nc1ccc(C#N)cc1. The molecule has 0 atom stereocenters. The third-order valence-corrected chi connectivity index (χ3v) is 2.79. The fourth-order valence-corrected chi connectivity index (χ4v) is 1.66. The summed E-state index contributed by atoms with van der Waals surface area (Å²) >= 11 is 0. The fraction of sp³-hybridized carbons (Fsp3) is 0.0667. The normalized spacial score (nSPS) is 9.65. The first kappa shape index (κ1) is 13.6. The molecule has 2 N–H and O–H groups in total. The van der Waals surface area contributed by atoms with Crippen LogP contribution in [0.25, 0.3) is 0 Å². The standard InChI is InChI=1S/C15H12FN3O/c1-10-13(16)3-2-4-14(10)19-15(20)18-12-7-5-11(9-17)6-8-12/h2-8H,1H3,(H2,18,19,20). The van der Waals surface area contributed by atoms with Crippen molar-refractivity contribution in [1.29, 1.82) is 5.26 Å². The first-order chi connectivity index (χ1) is 9.60. The molecule has 0 bridgehead atoms. The third-order valence-electron chi connectivity index (χ3n) is 2.79. The molecule has 0 aliphatic carbocycles. The molecule has 0 aliphatic rings. The van der Waals surface area contributed by atoms with Crippen LogP contribution in [0.2, 0.25) is 0 Å². The van der Waals surface area contributed by atoms with Gasteiger partial charge in [0.1, 0.15) is 5.82 Å². The number of anilines is 2. The monoisotopic (exact) mass is 269 g/mol. The Kier molecular flexibility index (Phi) is 3.96. The van der Waals surface area contributed by atoms with Gasteiger partial charge in [-0.05, 0) is 43.3 Å². The van der Waals surface area contributed by atoms with E-state index in [9.17, 15) is 9.18 Å². The number of urea groups is 1. The van der Waals surface area contributed by atoms with Crippen molar-refractivity contribution in [2.45, 2.75) is 6.92 Å². The van der Waals surface area contributed by atoms with E-state index in [2.05, 4.69) is 10.6 Å². The highest BCUT2D eigenvalue weighted by molar-refractivity contribution is 6.00. The molecule has 0 heterocycles. The molecular weight excluding hydrogens is 257 g/mol. The Labute approximate surface area is 115 Å². The lowest BCUT2D eigenvalue weighted by molar-refractivity contribution is 0.262. The molecule has 2 amide bonds. The molecule has 0 saturated carbocycles. The number of amides is 2. The number of nitrogens with one attached hydrogen (secondary N) is 2. The number of carbonyl (C=O) groups is 1. The highest BCUT2D eigenvalue weighted by atomic mass is 19.1. The first-order valence-electron chi connectivity index (χ1n) is 5.93. The van der Waals surface area contributed by atoms with Crippen molar-refractivity contribution in [2.75, 3.05) is 10.6 Å². The van der Waals surface area contributed by atoms with E-state index in [0.717, 1.165) is 0 Å². The summed E-state index contributed by atoms with van der Waals surface area (Å²) in [5.41, 5.74) is 1.85. The van der Waals surface area contributed by atoms with Crippen LogP contribution in [0.4, 0.5) is 20.6 Å². The van der Waals surface area contributed by atoms with Gasteiger partial charge in [-0.3, -0.25) is 0 Å². The highest BCUT2D eigenvalue weighted by Crippen LogP contribution is 2.18. The number of benzene rings is 2. The molecule has 2 aromatic rings. The number of halogens is 1. The smallest absolute Gasteiger partial charge is 0.308 e. The summed E-state index contributed by atoms with van der Waals surface area (Å²) in [6.45, 7) is 1.59. The van der Waals surface area contributed by atoms with Crippen molar-refractivity contribution in [3.05, 3.63) is 59.4 Å². The molecule has 4 nitrogen and oxygen atoms in total. The topological polar surface area (TPSA) is 64.9 Å². The number of hydrogen-bond acceptors (Lipinski definition) is 2. The van der Waals surface area contributed by atoms with Crippen LogP contribution >= 0.6 is 0 Å². The number of rotatable bonds is 2. The zero-order chi connectivity index (χ0) is 14.5. The summed E-state index contributed by atoms with van der Waals surface area (Å²) in [6, 6.07) is 12.4. The molecular formula is C15H12FN3O. The van der Waals surface area contributed by atoms with Crippen LogP contribution in [0.3, 0.4) is 0 Å². The van der Waals surface area contributed by atoms with E-state index in [1.54, 1.807) is 37.3 Å². The van der Waals surface area contributed by atoms with Gasteiger partial charge >= 0.3 is 6.03 Å². The molecule has 0 saturated heterocycles. The molecule has 0 unspecified atom stereocenters. The average Bonchev–Trinajstić information content (AvgIpc) is 2.45. The predicted octanol–water partition coefficient (Wildman–Crippen LogP) is 3.65. The fourth-order valence-electron chi connectivity index (χ4n) is 1.66. The lowest BCUT2D eigenvalue weighted by Crippen LogP contribution is -2.20. The van der Waals surface area contributed by atoms with Crippen LogP contribution in [0.15, 0.2) is 42.5 Å². The van der Waals surface area contributed by atoms with Gasteiger partial charge in [0.25, 0.3) is 0 Å². The van der Waals surface area contributed by atoms with Gasteiger partial charge in [0.05, 0.1) is 11.6 Å². The Morgan fingerprint density at radius 1 is 1.15 bits per heavy atom. The largest absolute Gasteiger partial charge is 0.323 e. The zero-order valence-corrected chi connectivity index (χ0v) is 10.8. The van der Waals surface area contributed by atoms with Crippen LogP contribution in [-0.4, -0.2) is 6.03 Å². The molecule has 0 radical (unpaired) electrons. The van der Waals surface area contributed by atoms with Gasteiger partial charge in [0.15, 0.2) is 0 Å². The van der Waals surface area contributed by atoms with E-state index in [-0.39, 0.29) is 5.82 Å². The van der Waals surface area contributed by atoms with Crippen LogP contribution in [0.5, 0.6) is 0 Å². The summed E-state index contributed by atoms with van der Waals surface area (Å²) in [6.07, 6.45) is 0. The van der Waals surface area contributed by atoms with Gasteiger partial charge in [-0.25, -0.2) is 9.18 Å². The van der Waals surface area contributed by atoms with Gasteiger partial charge in [-0.15, -0.1) is 0 Å². The van der Waals surface area contributed by atoms with Crippen molar-refractivity contribution >= 4 is 17.4 Å². The maximum Gasteiger partial charge on any atom is 0.323 e. The first-order valence-corrected chi connectivity index (χ1v) is 5.93. The van der Waals surface area contributed by atoms with Crippen molar-refractivity contribution in [3.63, 3.8) is 0 Å². The Balaban J connectivity index is 2.05. The molecule has 2 rings (SSSR count). The highest BCUT2D eigenvalue weighted by Gasteiger charge is 2.07. The molecule has 0 fully saturated rings. The van der Waals surface area contributed by atoms with Crippen molar-refractivity contribution in [3.8, 4) is 6.07 Å². The summed E-state index contributed by atoms with van der Waals surface area (Å²) in [7, 11) is 0. The van der Waals surface area contributed by atoms with Gasteiger partial charge in [-0.2, -0.15) is 5.26 Å². The minimum atomic E-state index is -0.469. The quantitative estimate of drug-likeness (QED) is 0.874. The molecule has 100 valence electrons. The number of carbonyl (C=O) groups excluding carboxylic acids is 1. The minimum absolute atomic E-state index is 0.374. The van der Waals surface area contributed by atoms with Crippen molar-refractivity contribution < 1.29 is 9.18 Å². The molecule has 0 spiro atoms. The average molecular weight is 269 g/mol. The Bertz CT molecular complexity index is 675. The van der Waals surface area contributed by atoms with E-state index in [1.165, 1.54) is 12.1 Å². The minimum Gasteiger partial charge on any atom is -0.308 e. The maximum absolute atomic E-state index is 13.3. The maximum atomic E-state index is 13.3. The van der Waals surface area contributed by atoms with E-state index >= 15 is 0 Å². The second-order valence-corrected chi connectivity index (χ2v) is 4.18. The number of nitrogens with zero attached hydrogens (tertiary/aromatic N) is 1. The molecule has 5 heteroatoms. The molecule has 0 aromatic heterocycles. The number of nitriles is 1. The van der Waals surface area contributed by atoms with Crippen LogP contribution in [0.1, 0.15) is 11.1 Å². The van der Waals surface area contributed by atoms with Crippen LogP contribution in [0, 0.1) is 24.1 Å². The van der Waals surface area contributed by atoms with E-state index < -0.39 is 6.03 Å². The van der Waals surface area contributed by atoms with Gasteiger partial charge in [-0.1, -0.05) is 6.07 Å². The lowest BCUT2D eigenvalue weighted by Gasteiger charge is -2.10. The van der Waals surface area contributed by atoms with Crippen LogP contribution < -0.4 is 10.6 Å².